The third kappa shape index (κ3) is 4.82. The van der Waals surface area contributed by atoms with E-state index in [1.165, 1.54) is 0 Å². The molecule has 5 heteroatoms. The molecule has 19 heavy (non-hydrogen) atoms. The third-order valence-electron chi connectivity index (χ3n) is 3.61. The van der Waals surface area contributed by atoms with Gasteiger partial charge in [0.1, 0.15) is 0 Å². The molecule has 0 radical (unpaired) electrons. The van der Waals surface area contributed by atoms with Crippen LogP contribution in [-0.2, 0) is 9.59 Å². The number of hydrogen-bond acceptors (Lipinski definition) is 3. The lowest BCUT2D eigenvalue weighted by Gasteiger charge is -2.32. The number of nitrogens with zero attached hydrogens (tertiary/aromatic N) is 1. The van der Waals surface area contributed by atoms with Gasteiger partial charge in [0.25, 0.3) is 0 Å². The van der Waals surface area contributed by atoms with Gasteiger partial charge in [0.15, 0.2) is 0 Å². The molecule has 2 amide bonds. The summed E-state index contributed by atoms with van der Waals surface area (Å²) in [5.74, 6) is -0.177. The summed E-state index contributed by atoms with van der Waals surface area (Å²) in [6, 6.07) is 0.0432. The van der Waals surface area contributed by atoms with Crippen molar-refractivity contribution in [3.8, 4) is 0 Å². The van der Waals surface area contributed by atoms with Crippen molar-refractivity contribution in [3.63, 3.8) is 0 Å². The lowest BCUT2D eigenvalue weighted by Crippen LogP contribution is -2.49. The fourth-order valence-electron chi connectivity index (χ4n) is 2.59. The van der Waals surface area contributed by atoms with Gasteiger partial charge in [0.2, 0.25) is 11.8 Å². The lowest BCUT2D eigenvalue weighted by atomic mass is 9.84. The van der Waals surface area contributed by atoms with E-state index in [4.69, 9.17) is 5.73 Å². The number of nitrogens with one attached hydrogen (secondary N) is 1. The van der Waals surface area contributed by atoms with Crippen LogP contribution in [0, 0.1) is 5.92 Å². The highest BCUT2D eigenvalue weighted by molar-refractivity contribution is 5.86. The summed E-state index contributed by atoms with van der Waals surface area (Å²) in [7, 11) is 0. The van der Waals surface area contributed by atoms with Crippen LogP contribution in [0.1, 0.15) is 46.5 Å². The molecule has 0 aromatic heterocycles. The van der Waals surface area contributed by atoms with E-state index in [0.29, 0.717) is 6.54 Å². The molecular formula is C14H27N3O2. The molecule has 0 aromatic carbocycles. The van der Waals surface area contributed by atoms with Crippen LogP contribution in [-0.4, -0.2) is 41.9 Å². The molecule has 5 nitrogen and oxygen atoms in total. The van der Waals surface area contributed by atoms with Gasteiger partial charge >= 0.3 is 0 Å². The number of hydrogen-bond donors (Lipinski definition) is 2. The Hall–Kier alpha value is -1.10. The Kier molecular flexibility index (Phi) is 6.28. The zero-order chi connectivity index (χ0) is 14.4. The van der Waals surface area contributed by atoms with Crippen LogP contribution < -0.4 is 11.1 Å². The molecule has 0 saturated heterocycles. The molecule has 1 fully saturated rings. The first-order chi connectivity index (χ1) is 8.95. The minimum absolute atomic E-state index is 0.0357. The zero-order valence-corrected chi connectivity index (χ0v) is 12.3. The topological polar surface area (TPSA) is 75.4 Å². The standard InChI is InChI=1S/C14H27N3O2/c1-4-17(9-13(18)16-10(2)3)14(19)11-7-5-6-8-12(11)15/h10-12H,4-9,15H2,1-3H3,(H,16,18). The van der Waals surface area contributed by atoms with Gasteiger partial charge < -0.3 is 16.0 Å². The van der Waals surface area contributed by atoms with Crippen molar-refractivity contribution in [2.75, 3.05) is 13.1 Å². The zero-order valence-electron chi connectivity index (χ0n) is 12.3. The average Bonchev–Trinajstić information content (AvgIpc) is 2.35. The minimum Gasteiger partial charge on any atom is -0.352 e. The predicted octanol–water partition coefficient (Wildman–Crippen LogP) is 0.877. The highest BCUT2D eigenvalue weighted by atomic mass is 16.2. The smallest absolute Gasteiger partial charge is 0.239 e. The number of rotatable bonds is 5. The quantitative estimate of drug-likeness (QED) is 0.778. The fourth-order valence-corrected chi connectivity index (χ4v) is 2.59. The van der Waals surface area contributed by atoms with E-state index < -0.39 is 0 Å². The van der Waals surface area contributed by atoms with E-state index in [1.807, 2.05) is 20.8 Å². The van der Waals surface area contributed by atoms with Gasteiger partial charge in [-0.1, -0.05) is 12.8 Å². The first kappa shape index (κ1) is 16.0. The molecule has 1 saturated carbocycles. The summed E-state index contributed by atoms with van der Waals surface area (Å²) in [5, 5.41) is 2.81. The van der Waals surface area contributed by atoms with Crippen LogP contribution >= 0.6 is 0 Å². The van der Waals surface area contributed by atoms with E-state index >= 15 is 0 Å². The molecule has 3 N–H and O–H groups in total. The van der Waals surface area contributed by atoms with Gasteiger partial charge in [-0.15, -0.1) is 0 Å². The maximum Gasteiger partial charge on any atom is 0.239 e. The van der Waals surface area contributed by atoms with Gasteiger partial charge in [-0.2, -0.15) is 0 Å². The minimum atomic E-state index is -0.111. The summed E-state index contributed by atoms with van der Waals surface area (Å²) < 4.78 is 0. The molecule has 0 bridgehead atoms. The molecule has 2 atom stereocenters. The normalized spacial score (nSPS) is 23.2. The van der Waals surface area contributed by atoms with Crippen LogP contribution in [0.3, 0.4) is 0 Å². The summed E-state index contributed by atoms with van der Waals surface area (Å²) in [6.45, 7) is 6.40. The van der Waals surface area contributed by atoms with E-state index in [2.05, 4.69) is 5.32 Å². The Bertz CT molecular complexity index is 318. The van der Waals surface area contributed by atoms with Gasteiger partial charge in [0.05, 0.1) is 12.5 Å². The van der Waals surface area contributed by atoms with Crippen molar-refractivity contribution < 1.29 is 9.59 Å². The number of carbonyl (C=O) groups is 2. The molecule has 0 spiro atoms. The Morgan fingerprint density at radius 3 is 2.47 bits per heavy atom. The van der Waals surface area contributed by atoms with Crippen LogP contribution in [0.25, 0.3) is 0 Å². The van der Waals surface area contributed by atoms with Crippen LogP contribution in [0.4, 0.5) is 0 Å². The first-order valence-corrected chi connectivity index (χ1v) is 7.29. The highest BCUT2D eigenvalue weighted by Crippen LogP contribution is 2.24. The second-order valence-corrected chi connectivity index (χ2v) is 5.63. The lowest BCUT2D eigenvalue weighted by molar-refractivity contribution is -0.140. The number of nitrogens with two attached hydrogens (primary N) is 1. The number of amides is 2. The SMILES string of the molecule is CCN(CC(=O)NC(C)C)C(=O)C1CCCCC1N. The Balaban J connectivity index is 2.58. The van der Waals surface area contributed by atoms with Gasteiger partial charge in [-0.25, -0.2) is 0 Å². The van der Waals surface area contributed by atoms with E-state index in [1.54, 1.807) is 4.90 Å². The molecule has 1 aliphatic rings. The van der Waals surface area contributed by atoms with Gasteiger partial charge in [-0.05, 0) is 33.6 Å². The third-order valence-corrected chi connectivity index (χ3v) is 3.61. The summed E-state index contributed by atoms with van der Waals surface area (Å²) in [5.41, 5.74) is 6.04. The largest absolute Gasteiger partial charge is 0.352 e. The summed E-state index contributed by atoms with van der Waals surface area (Å²) in [6.07, 6.45) is 3.92. The molecule has 0 aliphatic heterocycles. The maximum atomic E-state index is 12.4. The average molecular weight is 269 g/mol. The second-order valence-electron chi connectivity index (χ2n) is 5.63. The Labute approximate surface area is 115 Å². The number of likely N-dealkylation sites (N-methyl/N-ethyl adjacent to an activating group) is 1. The monoisotopic (exact) mass is 269 g/mol. The van der Waals surface area contributed by atoms with Crippen LogP contribution in [0.15, 0.2) is 0 Å². The van der Waals surface area contributed by atoms with Crippen molar-refractivity contribution in [2.45, 2.75) is 58.5 Å². The van der Waals surface area contributed by atoms with Crippen molar-refractivity contribution in [3.05, 3.63) is 0 Å². The Morgan fingerprint density at radius 1 is 1.32 bits per heavy atom. The van der Waals surface area contributed by atoms with E-state index in [9.17, 15) is 9.59 Å². The molecule has 0 heterocycles. The molecule has 0 aromatic rings. The van der Waals surface area contributed by atoms with Crippen molar-refractivity contribution in [2.24, 2.45) is 11.7 Å². The van der Waals surface area contributed by atoms with Crippen molar-refractivity contribution in [1.82, 2.24) is 10.2 Å². The highest BCUT2D eigenvalue weighted by Gasteiger charge is 2.31. The van der Waals surface area contributed by atoms with Crippen LogP contribution in [0.5, 0.6) is 0 Å². The van der Waals surface area contributed by atoms with Crippen molar-refractivity contribution in [1.29, 1.82) is 0 Å². The number of carbonyl (C=O) groups excluding carboxylic acids is 2. The fraction of sp³-hybridized carbons (Fsp3) is 0.857. The maximum absolute atomic E-state index is 12.4. The summed E-state index contributed by atoms with van der Waals surface area (Å²) >= 11 is 0. The summed E-state index contributed by atoms with van der Waals surface area (Å²) in [4.78, 5) is 25.8. The van der Waals surface area contributed by atoms with E-state index in [0.717, 1.165) is 25.7 Å². The molecule has 110 valence electrons. The Morgan fingerprint density at radius 2 is 1.95 bits per heavy atom. The van der Waals surface area contributed by atoms with Gasteiger partial charge in [0, 0.05) is 18.6 Å². The molecule has 1 aliphatic carbocycles. The molecule has 2 unspecified atom stereocenters. The van der Waals surface area contributed by atoms with Crippen LogP contribution in [0.2, 0.25) is 0 Å². The first-order valence-electron chi connectivity index (χ1n) is 7.29. The van der Waals surface area contributed by atoms with E-state index in [-0.39, 0.29) is 36.4 Å². The van der Waals surface area contributed by atoms with Crippen molar-refractivity contribution >= 4 is 11.8 Å². The second kappa shape index (κ2) is 7.48. The van der Waals surface area contributed by atoms with Gasteiger partial charge in [-0.3, -0.25) is 9.59 Å². The molecule has 1 rings (SSSR count). The predicted molar refractivity (Wildman–Crippen MR) is 75.5 cm³/mol. The molecular weight excluding hydrogens is 242 g/mol.